The van der Waals surface area contributed by atoms with Crippen molar-refractivity contribution in [2.24, 2.45) is 0 Å². The summed E-state index contributed by atoms with van der Waals surface area (Å²) in [4.78, 5) is 2.58. The third-order valence-corrected chi connectivity index (χ3v) is 4.43. The summed E-state index contributed by atoms with van der Waals surface area (Å²) in [5, 5.41) is 3.73. The molecule has 0 aromatic heterocycles. The molecule has 1 aliphatic heterocycles. The molecule has 18 heavy (non-hydrogen) atoms. The van der Waals surface area contributed by atoms with Gasteiger partial charge in [0.2, 0.25) is 0 Å². The van der Waals surface area contributed by atoms with E-state index in [9.17, 15) is 0 Å². The molecule has 2 atom stereocenters. The Morgan fingerprint density at radius 2 is 2.06 bits per heavy atom. The first-order valence-corrected chi connectivity index (χ1v) is 7.19. The first kappa shape index (κ1) is 13.4. The maximum absolute atomic E-state index is 3.73. The molecule has 2 nitrogen and oxygen atoms in total. The molecule has 0 saturated heterocycles. The molecule has 2 heteroatoms. The van der Waals surface area contributed by atoms with Crippen molar-refractivity contribution in [2.75, 3.05) is 11.4 Å². The standard InChI is InChI=1S/C16H26N2/c1-5-13(3)18-12-16(4,6-2)17-11-14-9-7-8-10-15(14)18/h7-10,13,17H,5-6,11-12H2,1-4H3. The second-order valence-electron chi connectivity index (χ2n) is 5.78. The minimum Gasteiger partial charge on any atom is -0.367 e. The highest BCUT2D eigenvalue weighted by Crippen LogP contribution is 2.29. The lowest BCUT2D eigenvalue weighted by molar-refractivity contribution is 0.341. The molecular formula is C16H26N2. The molecule has 100 valence electrons. The number of nitrogens with zero attached hydrogens (tertiary/aromatic N) is 1. The van der Waals surface area contributed by atoms with E-state index in [4.69, 9.17) is 0 Å². The van der Waals surface area contributed by atoms with Crippen LogP contribution < -0.4 is 10.2 Å². The largest absolute Gasteiger partial charge is 0.367 e. The Morgan fingerprint density at radius 1 is 1.33 bits per heavy atom. The number of hydrogen-bond donors (Lipinski definition) is 1. The van der Waals surface area contributed by atoms with Gasteiger partial charge in [-0.05, 0) is 38.3 Å². The van der Waals surface area contributed by atoms with Gasteiger partial charge >= 0.3 is 0 Å². The zero-order valence-corrected chi connectivity index (χ0v) is 12.2. The molecular weight excluding hydrogens is 220 g/mol. The molecule has 1 N–H and O–H groups in total. The summed E-state index contributed by atoms with van der Waals surface area (Å²) in [6.45, 7) is 11.3. The summed E-state index contributed by atoms with van der Waals surface area (Å²) in [6.07, 6.45) is 2.35. The molecule has 0 fully saturated rings. The number of fused-ring (bicyclic) bond motifs is 1. The van der Waals surface area contributed by atoms with Crippen LogP contribution in [0.25, 0.3) is 0 Å². The minimum absolute atomic E-state index is 0.211. The van der Waals surface area contributed by atoms with Crippen LogP contribution in [0.4, 0.5) is 5.69 Å². The Hall–Kier alpha value is -1.02. The number of hydrogen-bond acceptors (Lipinski definition) is 2. The van der Waals surface area contributed by atoms with Gasteiger partial charge in [0.05, 0.1) is 0 Å². The molecule has 0 saturated carbocycles. The summed E-state index contributed by atoms with van der Waals surface area (Å²) in [6, 6.07) is 9.41. The Bertz CT molecular complexity index is 402. The number of para-hydroxylation sites is 1. The van der Waals surface area contributed by atoms with E-state index in [1.807, 2.05) is 0 Å². The number of nitrogens with one attached hydrogen (secondary N) is 1. The maximum atomic E-state index is 3.73. The van der Waals surface area contributed by atoms with Crippen LogP contribution in [0.5, 0.6) is 0 Å². The van der Waals surface area contributed by atoms with E-state index in [1.54, 1.807) is 0 Å². The van der Waals surface area contributed by atoms with Gasteiger partial charge in [-0.1, -0.05) is 32.0 Å². The first-order chi connectivity index (χ1) is 8.59. The predicted octanol–water partition coefficient (Wildman–Crippen LogP) is 3.56. The second kappa shape index (κ2) is 5.31. The highest BCUT2D eigenvalue weighted by Gasteiger charge is 2.30. The van der Waals surface area contributed by atoms with Gasteiger partial charge in [0.1, 0.15) is 0 Å². The minimum atomic E-state index is 0.211. The third-order valence-electron chi connectivity index (χ3n) is 4.43. The van der Waals surface area contributed by atoms with Gasteiger partial charge in [-0.25, -0.2) is 0 Å². The number of rotatable bonds is 3. The summed E-state index contributed by atoms with van der Waals surface area (Å²) in [5.41, 5.74) is 3.05. The van der Waals surface area contributed by atoms with Crippen molar-refractivity contribution >= 4 is 5.69 Å². The van der Waals surface area contributed by atoms with E-state index in [1.165, 1.54) is 17.7 Å². The molecule has 1 aromatic rings. The summed E-state index contributed by atoms with van der Waals surface area (Å²) < 4.78 is 0. The van der Waals surface area contributed by atoms with E-state index < -0.39 is 0 Å². The summed E-state index contributed by atoms with van der Waals surface area (Å²) in [7, 11) is 0. The fraction of sp³-hybridized carbons (Fsp3) is 0.625. The highest BCUT2D eigenvalue weighted by atomic mass is 15.2. The number of benzene rings is 1. The van der Waals surface area contributed by atoms with Gasteiger partial charge in [-0.2, -0.15) is 0 Å². The van der Waals surface area contributed by atoms with Crippen LogP contribution in [0.2, 0.25) is 0 Å². The van der Waals surface area contributed by atoms with E-state index in [2.05, 4.69) is 62.2 Å². The predicted molar refractivity (Wildman–Crippen MR) is 79.1 cm³/mol. The van der Waals surface area contributed by atoms with Crippen molar-refractivity contribution in [3.63, 3.8) is 0 Å². The van der Waals surface area contributed by atoms with Crippen LogP contribution >= 0.6 is 0 Å². The van der Waals surface area contributed by atoms with Crippen molar-refractivity contribution in [3.05, 3.63) is 29.8 Å². The van der Waals surface area contributed by atoms with Gasteiger partial charge < -0.3 is 10.2 Å². The zero-order chi connectivity index (χ0) is 13.2. The van der Waals surface area contributed by atoms with Crippen LogP contribution in [0, 0.1) is 0 Å². The lowest BCUT2D eigenvalue weighted by Crippen LogP contribution is -2.50. The first-order valence-electron chi connectivity index (χ1n) is 7.19. The molecule has 0 amide bonds. The van der Waals surface area contributed by atoms with E-state index in [0.717, 1.165) is 19.5 Å². The molecule has 1 aliphatic rings. The van der Waals surface area contributed by atoms with E-state index in [-0.39, 0.29) is 5.54 Å². The molecule has 2 unspecified atom stereocenters. The van der Waals surface area contributed by atoms with Gasteiger partial charge in [0, 0.05) is 30.4 Å². The van der Waals surface area contributed by atoms with E-state index in [0.29, 0.717) is 6.04 Å². The van der Waals surface area contributed by atoms with Crippen molar-refractivity contribution in [1.82, 2.24) is 5.32 Å². The molecule has 1 heterocycles. The van der Waals surface area contributed by atoms with E-state index >= 15 is 0 Å². The average Bonchev–Trinajstić information content (AvgIpc) is 2.56. The second-order valence-corrected chi connectivity index (χ2v) is 5.78. The lowest BCUT2D eigenvalue weighted by atomic mass is 9.97. The Kier molecular flexibility index (Phi) is 3.96. The highest BCUT2D eigenvalue weighted by molar-refractivity contribution is 5.55. The number of anilines is 1. The van der Waals surface area contributed by atoms with Crippen LogP contribution in [0.3, 0.4) is 0 Å². The third kappa shape index (κ3) is 2.54. The Morgan fingerprint density at radius 3 is 2.72 bits per heavy atom. The molecule has 2 rings (SSSR count). The van der Waals surface area contributed by atoms with Gasteiger partial charge in [0.25, 0.3) is 0 Å². The fourth-order valence-electron chi connectivity index (χ4n) is 2.62. The topological polar surface area (TPSA) is 15.3 Å². The quantitative estimate of drug-likeness (QED) is 0.877. The Balaban J connectivity index is 2.38. The molecule has 0 aliphatic carbocycles. The van der Waals surface area contributed by atoms with Gasteiger partial charge in [0.15, 0.2) is 0 Å². The maximum Gasteiger partial charge on any atom is 0.0414 e. The van der Waals surface area contributed by atoms with Gasteiger partial charge in [-0.15, -0.1) is 0 Å². The normalized spacial score (nSPS) is 25.4. The lowest BCUT2D eigenvalue weighted by Gasteiger charge is -2.37. The molecule has 1 aromatic carbocycles. The van der Waals surface area contributed by atoms with Crippen molar-refractivity contribution < 1.29 is 0 Å². The zero-order valence-electron chi connectivity index (χ0n) is 12.2. The van der Waals surface area contributed by atoms with Crippen LogP contribution in [-0.2, 0) is 6.54 Å². The smallest absolute Gasteiger partial charge is 0.0414 e. The summed E-state index contributed by atoms with van der Waals surface area (Å²) >= 11 is 0. The van der Waals surface area contributed by atoms with Gasteiger partial charge in [-0.3, -0.25) is 0 Å². The molecule has 0 radical (unpaired) electrons. The molecule has 0 spiro atoms. The fourth-order valence-corrected chi connectivity index (χ4v) is 2.62. The molecule has 0 bridgehead atoms. The van der Waals surface area contributed by atoms with Crippen molar-refractivity contribution in [2.45, 2.75) is 58.7 Å². The van der Waals surface area contributed by atoms with Crippen molar-refractivity contribution in [3.8, 4) is 0 Å². The summed E-state index contributed by atoms with van der Waals surface area (Å²) in [5.74, 6) is 0. The van der Waals surface area contributed by atoms with Crippen LogP contribution in [0.15, 0.2) is 24.3 Å². The van der Waals surface area contributed by atoms with Crippen LogP contribution in [-0.4, -0.2) is 18.1 Å². The average molecular weight is 246 g/mol. The Labute approximate surface area is 111 Å². The van der Waals surface area contributed by atoms with Crippen LogP contribution in [0.1, 0.15) is 46.1 Å². The SMILES string of the molecule is CCC(C)N1CC(C)(CC)NCc2ccccc21. The monoisotopic (exact) mass is 246 g/mol. The van der Waals surface area contributed by atoms with Crippen molar-refractivity contribution in [1.29, 1.82) is 0 Å².